The van der Waals surface area contributed by atoms with E-state index in [0.29, 0.717) is 16.8 Å². The van der Waals surface area contributed by atoms with Crippen LogP contribution in [0.4, 0.5) is 11.4 Å². The van der Waals surface area contributed by atoms with Crippen molar-refractivity contribution in [3.8, 4) is 11.1 Å². The van der Waals surface area contributed by atoms with Gasteiger partial charge in [-0.3, -0.25) is 14.9 Å². The van der Waals surface area contributed by atoms with Crippen molar-refractivity contribution in [3.63, 3.8) is 0 Å². The molecule has 0 atom stereocenters. The topological polar surface area (TPSA) is 72.2 Å². The molecule has 0 fully saturated rings. The molecule has 0 aliphatic heterocycles. The lowest BCUT2D eigenvalue weighted by Crippen LogP contribution is -2.27. The van der Waals surface area contributed by atoms with E-state index in [2.05, 4.69) is 5.32 Å². The minimum absolute atomic E-state index is 0.0138. The maximum absolute atomic E-state index is 12.2. The summed E-state index contributed by atoms with van der Waals surface area (Å²) < 4.78 is 0. The maximum Gasteiger partial charge on any atom is 0.277 e. The van der Waals surface area contributed by atoms with E-state index in [1.54, 1.807) is 42.5 Å². The van der Waals surface area contributed by atoms with E-state index in [4.69, 9.17) is 0 Å². The van der Waals surface area contributed by atoms with E-state index in [9.17, 15) is 14.9 Å². The van der Waals surface area contributed by atoms with Crippen LogP contribution >= 0.6 is 0 Å². The van der Waals surface area contributed by atoms with Crippen molar-refractivity contribution in [1.82, 2.24) is 0 Å². The smallest absolute Gasteiger partial charge is 0.277 e. The van der Waals surface area contributed by atoms with E-state index >= 15 is 0 Å². The van der Waals surface area contributed by atoms with Gasteiger partial charge < -0.3 is 5.32 Å². The van der Waals surface area contributed by atoms with Gasteiger partial charge in [0.05, 0.1) is 10.5 Å². The van der Waals surface area contributed by atoms with Crippen LogP contribution in [-0.2, 0) is 4.79 Å². The van der Waals surface area contributed by atoms with E-state index in [1.807, 2.05) is 20.8 Å². The molecule has 1 N–H and O–H groups in total. The first-order chi connectivity index (χ1) is 10.3. The Balaban J connectivity index is 2.50. The summed E-state index contributed by atoms with van der Waals surface area (Å²) in [6.07, 6.45) is 0. The van der Waals surface area contributed by atoms with Crippen molar-refractivity contribution in [2.24, 2.45) is 5.41 Å². The minimum atomic E-state index is -0.546. The number of anilines is 1. The second-order valence-electron chi connectivity index (χ2n) is 6.02. The zero-order valence-electron chi connectivity index (χ0n) is 12.8. The molecule has 0 aromatic heterocycles. The highest BCUT2D eigenvalue weighted by molar-refractivity contribution is 5.99. The van der Waals surface area contributed by atoms with E-state index in [-0.39, 0.29) is 11.6 Å². The van der Waals surface area contributed by atoms with Gasteiger partial charge in [-0.15, -0.1) is 0 Å². The lowest BCUT2D eigenvalue weighted by atomic mass is 9.94. The third-order valence-electron chi connectivity index (χ3n) is 3.25. The highest BCUT2D eigenvalue weighted by atomic mass is 16.6. The molecule has 5 heteroatoms. The van der Waals surface area contributed by atoms with Gasteiger partial charge in [-0.25, -0.2) is 0 Å². The number of benzene rings is 2. The number of hydrogen-bond donors (Lipinski definition) is 1. The predicted molar refractivity (Wildman–Crippen MR) is 86.6 cm³/mol. The zero-order valence-corrected chi connectivity index (χ0v) is 12.8. The Kier molecular flexibility index (Phi) is 4.26. The lowest BCUT2D eigenvalue weighted by Gasteiger charge is -2.19. The fourth-order valence-electron chi connectivity index (χ4n) is 2.00. The molecule has 5 nitrogen and oxygen atoms in total. The second-order valence-corrected chi connectivity index (χ2v) is 6.02. The number of nitrogens with one attached hydrogen (secondary N) is 1. The van der Waals surface area contributed by atoms with Crippen LogP contribution in [0, 0.1) is 15.5 Å². The number of rotatable bonds is 3. The quantitative estimate of drug-likeness (QED) is 0.680. The summed E-state index contributed by atoms with van der Waals surface area (Å²) in [5.74, 6) is -0.140. The summed E-state index contributed by atoms with van der Waals surface area (Å²) in [6, 6.07) is 13.6. The van der Waals surface area contributed by atoms with Crippen LogP contribution in [0.15, 0.2) is 48.5 Å². The Labute approximate surface area is 129 Å². The predicted octanol–water partition coefficient (Wildman–Crippen LogP) is 4.25. The molecule has 2 aromatic carbocycles. The van der Waals surface area contributed by atoms with Gasteiger partial charge in [0.1, 0.15) is 0 Å². The largest absolute Gasteiger partial charge is 0.325 e. The SMILES string of the molecule is CC(C)(C)C(=O)Nc1ccccc1-c1ccccc1[N+](=O)[O-]. The van der Waals surface area contributed by atoms with Crippen molar-refractivity contribution < 1.29 is 9.72 Å². The van der Waals surface area contributed by atoms with Crippen molar-refractivity contribution in [1.29, 1.82) is 0 Å². The number of carbonyl (C=O) groups is 1. The van der Waals surface area contributed by atoms with Crippen LogP contribution in [0.5, 0.6) is 0 Å². The maximum atomic E-state index is 12.2. The minimum Gasteiger partial charge on any atom is -0.325 e. The van der Waals surface area contributed by atoms with Gasteiger partial charge in [0.15, 0.2) is 0 Å². The summed E-state index contributed by atoms with van der Waals surface area (Å²) in [7, 11) is 0. The Hall–Kier alpha value is -2.69. The van der Waals surface area contributed by atoms with Gasteiger partial charge >= 0.3 is 0 Å². The van der Waals surface area contributed by atoms with E-state index in [1.165, 1.54) is 6.07 Å². The molecule has 0 aliphatic rings. The fourth-order valence-corrected chi connectivity index (χ4v) is 2.00. The van der Waals surface area contributed by atoms with Crippen molar-refractivity contribution >= 4 is 17.3 Å². The van der Waals surface area contributed by atoms with Crippen molar-refractivity contribution in [3.05, 3.63) is 58.6 Å². The first-order valence-electron chi connectivity index (χ1n) is 6.95. The molecular weight excluding hydrogens is 280 g/mol. The lowest BCUT2D eigenvalue weighted by molar-refractivity contribution is -0.384. The van der Waals surface area contributed by atoms with E-state index in [0.717, 1.165) is 0 Å². The Morgan fingerprint density at radius 1 is 1.00 bits per heavy atom. The number of amides is 1. The molecule has 0 unspecified atom stereocenters. The molecule has 0 radical (unpaired) electrons. The molecular formula is C17H18N2O3. The molecule has 22 heavy (non-hydrogen) atoms. The summed E-state index contributed by atoms with van der Waals surface area (Å²) in [4.78, 5) is 23.0. The number of para-hydroxylation sites is 2. The van der Waals surface area contributed by atoms with Crippen LogP contribution in [0.25, 0.3) is 11.1 Å². The molecule has 0 aliphatic carbocycles. The third-order valence-corrected chi connectivity index (χ3v) is 3.25. The molecule has 2 aromatic rings. The van der Waals surface area contributed by atoms with Gasteiger partial charge in [0.25, 0.3) is 5.69 Å². The molecule has 2 rings (SSSR count). The Bertz CT molecular complexity index is 718. The summed E-state index contributed by atoms with van der Waals surface area (Å²) >= 11 is 0. The van der Waals surface area contributed by atoms with Gasteiger partial charge in [-0.2, -0.15) is 0 Å². The Morgan fingerprint density at radius 3 is 2.14 bits per heavy atom. The van der Waals surface area contributed by atoms with Gasteiger partial charge in [-0.05, 0) is 12.1 Å². The van der Waals surface area contributed by atoms with Crippen LogP contribution in [-0.4, -0.2) is 10.8 Å². The van der Waals surface area contributed by atoms with E-state index < -0.39 is 10.3 Å². The normalized spacial score (nSPS) is 11.0. The third kappa shape index (κ3) is 3.31. The number of carbonyl (C=O) groups excluding carboxylic acids is 1. The van der Waals surface area contributed by atoms with Crippen molar-refractivity contribution in [2.45, 2.75) is 20.8 Å². The second kappa shape index (κ2) is 5.97. The molecule has 0 bridgehead atoms. The fraction of sp³-hybridized carbons (Fsp3) is 0.235. The van der Waals surface area contributed by atoms with Crippen LogP contribution in [0.1, 0.15) is 20.8 Å². The number of nitro groups is 1. The molecule has 114 valence electrons. The van der Waals surface area contributed by atoms with Gasteiger partial charge in [-0.1, -0.05) is 51.1 Å². The van der Waals surface area contributed by atoms with Crippen LogP contribution in [0.2, 0.25) is 0 Å². The summed E-state index contributed by atoms with van der Waals surface area (Å²) in [5, 5.41) is 14.1. The number of nitrogens with zero attached hydrogens (tertiary/aromatic N) is 1. The number of hydrogen-bond acceptors (Lipinski definition) is 3. The van der Waals surface area contributed by atoms with Crippen molar-refractivity contribution in [2.75, 3.05) is 5.32 Å². The zero-order chi connectivity index (χ0) is 16.3. The standard InChI is InChI=1S/C17H18N2O3/c1-17(2,3)16(20)18-14-10-6-4-8-12(14)13-9-5-7-11-15(13)19(21)22/h4-11H,1-3H3,(H,18,20). The first kappa shape index (κ1) is 15.7. The average Bonchev–Trinajstić information content (AvgIpc) is 2.46. The molecule has 0 saturated heterocycles. The average molecular weight is 298 g/mol. The van der Waals surface area contributed by atoms with Gasteiger partial charge in [0.2, 0.25) is 5.91 Å². The Morgan fingerprint density at radius 2 is 1.55 bits per heavy atom. The highest BCUT2D eigenvalue weighted by Gasteiger charge is 2.23. The first-order valence-corrected chi connectivity index (χ1v) is 6.95. The molecule has 0 saturated carbocycles. The summed E-state index contributed by atoms with van der Waals surface area (Å²) in [6.45, 7) is 5.45. The molecule has 0 heterocycles. The van der Waals surface area contributed by atoms with Gasteiger partial charge in [0, 0.05) is 22.7 Å². The van der Waals surface area contributed by atoms with Crippen LogP contribution in [0.3, 0.4) is 0 Å². The monoisotopic (exact) mass is 298 g/mol. The van der Waals surface area contributed by atoms with Crippen LogP contribution < -0.4 is 5.32 Å². The highest BCUT2D eigenvalue weighted by Crippen LogP contribution is 2.35. The number of nitro benzene ring substituents is 1. The molecule has 1 amide bonds. The summed E-state index contributed by atoms with van der Waals surface area (Å²) in [5.41, 5.74) is 1.15. The molecule has 0 spiro atoms.